The molecule has 0 radical (unpaired) electrons. The number of hydrogen-bond acceptors (Lipinski definition) is 8. The zero-order valence-electron chi connectivity index (χ0n) is 84.4. The van der Waals surface area contributed by atoms with Crippen LogP contribution in [0.15, 0.2) is 218 Å². The summed E-state index contributed by atoms with van der Waals surface area (Å²) in [6.45, 7) is 62.0. The quantitative estimate of drug-likeness (QED) is 0.0308. The molecule has 0 fully saturated rings. The van der Waals surface area contributed by atoms with Gasteiger partial charge in [0.25, 0.3) is 11.8 Å². The van der Waals surface area contributed by atoms with Crippen LogP contribution in [0, 0.1) is 0 Å². The van der Waals surface area contributed by atoms with Crippen molar-refractivity contribution in [2.24, 2.45) is 11.5 Å². The smallest absolute Gasteiger partial charge is 0.254 e. The lowest BCUT2D eigenvalue weighted by Gasteiger charge is -2.36. The number of fused-ring (bicyclic) bond motifs is 3. The van der Waals surface area contributed by atoms with Gasteiger partial charge in [0.15, 0.2) is 0 Å². The van der Waals surface area contributed by atoms with Gasteiger partial charge < -0.3 is 21.3 Å². The molecule has 13 aromatic rings. The second-order valence-electron chi connectivity index (χ2n) is 41.4. The first-order chi connectivity index (χ1) is 63.3. The summed E-state index contributed by atoms with van der Waals surface area (Å²) in [6, 6.07) is 70.1. The van der Waals surface area contributed by atoms with Crippen LogP contribution in [0.5, 0.6) is 0 Å². The van der Waals surface area contributed by atoms with E-state index in [1.165, 1.54) is 125 Å². The molecule has 13 rings (SSSR count). The molecule has 0 saturated carbocycles. The van der Waals surface area contributed by atoms with Gasteiger partial charge in [0.05, 0.1) is 35.2 Å². The SMILES string of the molecule is CC(C)c1cc(C(C)C)c(-c2ccc([C@@H](C)N(C(=O)c3cc(C(N)=O)cc(C(=O)c4ccc5ccc6ccc(C(=O)c7cc(C(N)=O)cc(C(=O)N([C@H](C)c8ccc(-c9c(C(C)C)cc(C(C)C)cc9C(C)C)cc8)[C@H](C)c8ccc(-c9c(C(C)C)cc(C(C)C)cc9C(C)C)cc8)c7)nc6c5n4)c3)[C@H](C)c3ccc(-c4c(C(C)C)cc(C(C)C)cc4C(C)C)cc3)cc2)c(C(C)C)c1. The number of primary amides is 2. The van der Waals surface area contributed by atoms with Crippen molar-refractivity contribution >= 4 is 57.0 Å². The van der Waals surface area contributed by atoms with Crippen molar-refractivity contribution < 1.29 is 28.8 Å². The van der Waals surface area contributed by atoms with Crippen molar-refractivity contribution in [3.05, 3.63) is 352 Å². The van der Waals surface area contributed by atoms with E-state index in [0.717, 1.165) is 44.5 Å². The number of carbonyl (C=O) groups is 6. The Kier molecular flexibility index (Phi) is 30.1. The molecule has 12 nitrogen and oxygen atoms in total. The molecule has 2 heterocycles. The van der Waals surface area contributed by atoms with Crippen molar-refractivity contribution in [1.29, 1.82) is 0 Å². The van der Waals surface area contributed by atoms with E-state index in [0.29, 0.717) is 34.4 Å². The number of ketones is 2. The van der Waals surface area contributed by atoms with Gasteiger partial charge in [-0.2, -0.15) is 0 Å². The van der Waals surface area contributed by atoms with E-state index in [1.807, 2.05) is 49.6 Å². The summed E-state index contributed by atoms with van der Waals surface area (Å²) in [5.41, 5.74) is 41.3. The molecule has 2 aromatic heterocycles. The molecule has 0 aliphatic heterocycles. The lowest BCUT2D eigenvalue weighted by Crippen LogP contribution is -2.36. The van der Waals surface area contributed by atoms with E-state index >= 15 is 19.2 Å². The monoisotopic (exact) mass is 1790 g/mol. The van der Waals surface area contributed by atoms with Gasteiger partial charge in [-0.05, 0) is 281 Å². The molecule has 0 aliphatic carbocycles. The standard InChI is InChI=1S/C122H140N6O6/c1-65(2)91-57-101(69(9)10)111(102(58-91)70(11)12)85-37-29-81(30-38-85)77(25)127(78(26)82-31-39-86(40-32-82)112-103(71(13)14)59-92(66(3)4)60-104(112)72(15)16)121(133)99-53-95(51-97(55-99)119(123)131)117(129)109-49-47-89-45-46-90-48-50-110(126-116(90)115(89)125-109)118(130)96-52-98(120(124)132)56-100(54-96)122(134)128(79(27)83-33-41-87(42-34-83)113-105(73(17)18)61-93(67(5)6)62-106(113)74(19)20)80(28)84-35-43-88(44-36-84)114-107(75(21)22)63-94(68(7)8)64-108(114)76(23)24/h29-80H,1-28H3,(H2,123,131)(H2,124,132)/t77-,78-,79-,80-/m1/s1. The molecule has 0 unspecified atom stereocenters. The van der Waals surface area contributed by atoms with Gasteiger partial charge in [0.2, 0.25) is 23.4 Å². The Morgan fingerprint density at radius 3 is 0.590 bits per heavy atom. The highest BCUT2D eigenvalue weighted by atomic mass is 16.2. The Morgan fingerprint density at radius 1 is 0.216 bits per heavy atom. The predicted octanol–water partition coefficient (Wildman–Crippen LogP) is 31.5. The lowest BCUT2D eigenvalue weighted by atomic mass is 9.81. The molecular formula is C122H140N6O6. The minimum absolute atomic E-state index is 0.00427. The van der Waals surface area contributed by atoms with Crippen molar-refractivity contribution in [3.63, 3.8) is 0 Å². The van der Waals surface area contributed by atoms with Crippen molar-refractivity contribution in [2.75, 3.05) is 0 Å². The first-order valence-electron chi connectivity index (χ1n) is 48.8. The second kappa shape index (κ2) is 40.7. The average molecular weight is 1790 g/mol. The highest BCUT2D eigenvalue weighted by Crippen LogP contribution is 2.47. The summed E-state index contributed by atoms with van der Waals surface area (Å²) < 4.78 is 0. The minimum atomic E-state index is -0.840. The highest BCUT2D eigenvalue weighted by molar-refractivity contribution is 6.15. The highest BCUT2D eigenvalue weighted by Gasteiger charge is 2.35. The number of benzene rings is 11. The number of nitrogens with zero attached hydrogens (tertiary/aromatic N) is 4. The normalized spacial score (nSPS) is 13.0. The molecule has 12 heteroatoms. The van der Waals surface area contributed by atoms with E-state index < -0.39 is 59.4 Å². The Labute approximate surface area is 797 Å². The Bertz CT molecular complexity index is 5850. The summed E-state index contributed by atoms with van der Waals surface area (Å²) in [5, 5.41) is 1.19. The molecule has 11 aromatic carbocycles. The van der Waals surface area contributed by atoms with Crippen LogP contribution in [-0.2, 0) is 0 Å². The summed E-state index contributed by atoms with van der Waals surface area (Å²) in [6.07, 6.45) is 0. The fraction of sp³-hybridized carbons (Fsp3) is 0.361. The van der Waals surface area contributed by atoms with Crippen LogP contribution in [0.1, 0.15) is 452 Å². The Hall–Kier alpha value is -12.5. The van der Waals surface area contributed by atoms with Gasteiger partial charge in [0, 0.05) is 44.2 Å². The minimum Gasteiger partial charge on any atom is -0.366 e. The number of rotatable bonds is 32. The van der Waals surface area contributed by atoms with Gasteiger partial charge in [-0.15, -0.1) is 0 Å². The summed E-state index contributed by atoms with van der Waals surface area (Å²) in [4.78, 5) is 105. The topological polar surface area (TPSA) is 187 Å². The maximum absolute atomic E-state index is 16.3. The number of carbonyl (C=O) groups excluding carboxylic acids is 6. The van der Waals surface area contributed by atoms with E-state index in [1.54, 1.807) is 24.3 Å². The van der Waals surface area contributed by atoms with E-state index in [-0.39, 0.29) is 103 Å². The zero-order valence-corrected chi connectivity index (χ0v) is 84.4. The first-order valence-corrected chi connectivity index (χ1v) is 48.8. The molecule has 4 amide bonds. The summed E-state index contributed by atoms with van der Waals surface area (Å²) in [7, 11) is 0. The molecule has 0 bridgehead atoms. The van der Waals surface area contributed by atoms with Crippen LogP contribution in [-0.4, -0.2) is 55.0 Å². The van der Waals surface area contributed by atoms with Crippen LogP contribution in [0.25, 0.3) is 66.3 Å². The largest absolute Gasteiger partial charge is 0.366 e. The molecule has 0 aliphatic rings. The summed E-state index contributed by atoms with van der Waals surface area (Å²) >= 11 is 0. The molecule has 0 spiro atoms. The lowest BCUT2D eigenvalue weighted by molar-refractivity contribution is 0.0596. The molecule has 694 valence electrons. The van der Waals surface area contributed by atoms with Gasteiger partial charge >= 0.3 is 0 Å². The number of aromatic nitrogens is 2. The summed E-state index contributed by atoms with van der Waals surface area (Å²) in [5.74, 6) is -0.321. The first kappa shape index (κ1) is 99.0. The van der Waals surface area contributed by atoms with Crippen LogP contribution in [0.3, 0.4) is 0 Å². The molecular weight excluding hydrogens is 1650 g/mol. The third-order valence-corrected chi connectivity index (χ3v) is 27.8. The van der Waals surface area contributed by atoms with Crippen LogP contribution in [0.4, 0.5) is 0 Å². The number of amides is 4. The van der Waals surface area contributed by atoms with Crippen molar-refractivity contribution in [1.82, 2.24) is 19.8 Å². The second-order valence-corrected chi connectivity index (χ2v) is 41.4. The molecule has 0 saturated heterocycles. The van der Waals surface area contributed by atoms with E-state index in [9.17, 15) is 9.59 Å². The van der Waals surface area contributed by atoms with Crippen LogP contribution >= 0.6 is 0 Å². The molecule has 134 heavy (non-hydrogen) atoms. The zero-order chi connectivity index (χ0) is 97.5. The van der Waals surface area contributed by atoms with Crippen molar-refractivity contribution in [2.45, 2.75) is 289 Å². The number of nitrogens with two attached hydrogens (primary N) is 2. The maximum atomic E-state index is 16.3. The molecule has 4 atom stereocenters. The van der Waals surface area contributed by atoms with Gasteiger partial charge in [-0.25, -0.2) is 9.97 Å². The van der Waals surface area contributed by atoms with Crippen LogP contribution < -0.4 is 11.5 Å². The van der Waals surface area contributed by atoms with E-state index in [4.69, 9.17) is 21.4 Å². The fourth-order valence-electron chi connectivity index (χ4n) is 19.5. The third-order valence-electron chi connectivity index (χ3n) is 27.8. The van der Waals surface area contributed by atoms with Crippen molar-refractivity contribution in [3.8, 4) is 44.5 Å². The Morgan fingerprint density at radius 2 is 0.403 bits per heavy atom. The Balaban J connectivity index is 0.872. The number of pyridine rings is 2. The third kappa shape index (κ3) is 20.4. The van der Waals surface area contributed by atoms with E-state index in [2.05, 4.69) is 312 Å². The van der Waals surface area contributed by atoms with Crippen LogP contribution in [0.2, 0.25) is 0 Å². The molecule has 4 N–H and O–H groups in total. The number of hydrogen-bond donors (Lipinski definition) is 2. The fourth-order valence-corrected chi connectivity index (χ4v) is 19.5. The average Bonchev–Trinajstić information content (AvgIpc) is 0.784. The van der Waals surface area contributed by atoms with Gasteiger partial charge in [-0.3, -0.25) is 28.8 Å². The van der Waals surface area contributed by atoms with Gasteiger partial charge in [-0.1, -0.05) is 336 Å². The van der Waals surface area contributed by atoms with Gasteiger partial charge in [0.1, 0.15) is 11.4 Å². The predicted molar refractivity (Wildman–Crippen MR) is 556 cm³/mol. The maximum Gasteiger partial charge on any atom is 0.254 e.